The van der Waals surface area contributed by atoms with E-state index in [0.29, 0.717) is 22.1 Å². The van der Waals surface area contributed by atoms with Gasteiger partial charge in [-0.15, -0.1) is 16.5 Å². The Morgan fingerprint density at radius 2 is 1.65 bits per heavy atom. The molecule has 0 saturated carbocycles. The quantitative estimate of drug-likeness (QED) is 0.104. The lowest BCUT2D eigenvalue weighted by Gasteiger charge is -2.01. The summed E-state index contributed by atoms with van der Waals surface area (Å²) in [5.74, 6) is 0.690. The number of thiazole rings is 1. The third kappa shape index (κ3) is 5.42. The molecule has 40 heavy (non-hydrogen) atoms. The van der Waals surface area contributed by atoms with E-state index in [2.05, 4.69) is 20.3 Å². The molecule has 5 rings (SSSR count). The Bertz CT molecular complexity index is 1890. The van der Waals surface area contributed by atoms with Crippen LogP contribution in [0, 0.1) is 10.1 Å². The summed E-state index contributed by atoms with van der Waals surface area (Å²) in [6.07, 6.45) is 0. The molecule has 0 fully saturated rings. The van der Waals surface area contributed by atoms with Gasteiger partial charge in [-0.25, -0.2) is 4.98 Å². The van der Waals surface area contributed by atoms with Crippen LogP contribution in [0.1, 0.15) is 0 Å². The molecule has 0 saturated heterocycles. The fourth-order valence-electron chi connectivity index (χ4n) is 3.66. The summed E-state index contributed by atoms with van der Waals surface area (Å²) >= 11 is 1.21. The number of nitro groups is 1. The lowest BCUT2D eigenvalue weighted by atomic mass is 10.1. The van der Waals surface area contributed by atoms with Crippen molar-refractivity contribution < 1.29 is 22.6 Å². The Kier molecular flexibility index (Phi) is 7.08. The number of benzene rings is 3. The molecule has 0 amide bonds. The van der Waals surface area contributed by atoms with Crippen molar-refractivity contribution in [3.63, 3.8) is 0 Å². The van der Waals surface area contributed by atoms with Crippen molar-refractivity contribution >= 4 is 38.5 Å². The van der Waals surface area contributed by atoms with Crippen LogP contribution in [0.4, 0.5) is 17.1 Å². The van der Waals surface area contributed by atoms with Crippen LogP contribution in [0.15, 0.2) is 98.1 Å². The van der Waals surface area contributed by atoms with Crippen LogP contribution in [0.2, 0.25) is 0 Å². The second kappa shape index (κ2) is 10.6. The third-order valence-electron chi connectivity index (χ3n) is 5.70. The van der Waals surface area contributed by atoms with Gasteiger partial charge in [0.25, 0.3) is 15.8 Å². The van der Waals surface area contributed by atoms with Crippen molar-refractivity contribution in [3.05, 3.63) is 98.6 Å². The molecule has 0 atom stereocenters. The molecular formula is C25H18N6O7S2. The summed E-state index contributed by atoms with van der Waals surface area (Å²) < 4.78 is 38.1. The predicted octanol–water partition coefficient (Wildman–Crippen LogP) is 5.54. The minimum Gasteiger partial charge on any atom is -0.497 e. The van der Waals surface area contributed by atoms with Crippen LogP contribution in [-0.4, -0.2) is 39.8 Å². The molecule has 0 aliphatic heterocycles. The molecule has 2 aromatic heterocycles. The van der Waals surface area contributed by atoms with Crippen LogP contribution in [0.25, 0.3) is 27.6 Å². The summed E-state index contributed by atoms with van der Waals surface area (Å²) in [5.41, 5.74) is 1.51. The number of hydrogen-bond acceptors (Lipinski definition) is 10. The molecule has 0 bridgehead atoms. The molecule has 0 unspecified atom stereocenters. The van der Waals surface area contributed by atoms with Gasteiger partial charge in [0.05, 0.1) is 34.0 Å². The van der Waals surface area contributed by atoms with Crippen molar-refractivity contribution in [2.75, 3.05) is 7.11 Å². The van der Waals surface area contributed by atoms with Gasteiger partial charge in [0.2, 0.25) is 5.13 Å². The van der Waals surface area contributed by atoms with Gasteiger partial charge in [0, 0.05) is 28.6 Å². The fourth-order valence-corrected chi connectivity index (χ4v) is 4.93. The largest absolute Gasteiger partial charge is 0.497 e. The molecule has 3 aromatic carbocycles. The van der Waals surface area contributed by atoms with E-state index in [4.69, 9.17) is 9.29 Å². The number of methoxy groups -OCH3 is 1. The second-order valence-corrected chi connectivity index (χ2v) is 10.5. The van der Waals surface area contributed by atoms with Gasteiger partial charge in [-0.1, -0.05) is 0 Å². The van der Waals surface area contributed by atoms with Crippen molar-refractivity contribution in [3.8, 4) is 33.4 Å². The van der Waals surface area contributed by atoms with E-state index < -0.39 is 20.6 Å². The number of nitrogens with one attached hydrogen (secondary N) is 1. The van der Waals surface area contributed by atoms with Crippen LogP contribution in [0.5, 0.6) is 5.75 Å². The van der Waals surface area contributed by atoms with Gasteiger partial charge in [0.1, 0.15) is 5.75 Å². The lowest BCUT2D eigenvalue weighted by Crippen LogP contribution is -2.13. The number of rotatable bonds is 8. The van der Waals surface area contributed by atoms with Gasteiger partial charge in [-0.3, -0.25) is 24.6 Å². The Hall–Kier alpha value is -4.99. The Morgan fingerprint density at radius 3 is 2.25 bits per heavy atom. The van der Waals surface area contributed by atoms with E-state index in [0.717, 1.165) is 17.7 Å². The van der Waals surface area contributed by atoms with Crippen LogP contribution < -0.4 is 10.3 Å². The molecule has 15 heteroatoms. The zero-order valence-electron chi connectivity index (χ0n) is 20.5. The minimum absolute atomic E-state index is 0.103. The molecule has 0 aliphatic rings. The highest BCUT2D eigenvalue weighted by atomic mass is 32.2. The number of nitrogens with zero attached hydrogens (tertiary/aromatic N) is 5. The Labute approximate surface area is 229 Å². The van der Waals surface area contributed by atoms with E-state index in [-0.39, 0.29) is 27.7 Å². The average Bonchev–Trinajstić information content (AvgIpc) is 3.56. The first-order valence-corrected chi connectivity index (χ1v) is 13.7. The molecule has 0 aliphatic carbocycles. The van der Waals surface area contributed by atoms with Gasteiger partial charge in [-0.05, 0) is 60.7 Å². The van der Waals surface area contributed by atoms with Crippen molar-refractivity contribution in [2.24, 2.45) is 10.2 Å². The Balaban J connectivity index is 1.56. The molecular weight excluding hydrogens is 560 g/mol. The summed E-state index contributed by atoms with van der Waals surface area (Å²) in [5, 5.41) is 24.3. The summed E-state index contributed by atoms with van der Waals surface area (Å²) in [6, 6.07) is 17.7. The number of H-pyrrole nitrogens is 1. The third-order valence-corrected chi connectivity index (χ3v) is 7.40. The SMILES string of the molecule is COc1ccc(-c2csc(-n3[nH]c(-c4ccc([N+](=O)[O-])cc4)c(N=Nc4ccc(S(=O)(=O)O)cc4)c3=O)n2)cc1. The molecule has 5 aromatic rings. The molecule has 2 heterocycles. The number of hydrogen-bond donors (Lipinski definition) is 2. The lowest BCUT2D eigenvalue weighted by molar-refractivity contribution is -0.384. The van der Waals surface area contributed by atoms with Gasteiger partial charge in [0.15, 0.2) is 5.69 Å². The monoisotopic (exact) mass is 578 g/mol. The average molecular weight is 579 g/mol. The minimum atomic E-state index is -4.39. The van der Waals surface area contributed by atoms with E-state index >= 15 is 0 Å². The van der Waals surface area contributed by atoms with E-state index in [1.54, 1.807) is 24.6 Å². The van der Waals surface area contributed by atoms with Gasteiger partial charge >= 0.3 is 5.56 Å². The highest BCUT2D eigenvalue weighted by Gasteiger charge is 2.20. The number of aromatic amines is 1. The predicted molar refractivity (Wildman–Crippen MR) is 147 cm³/mol. The maximum absolute atomic E-state index is 13.5. The van der Waals surface area contributed by atoms with Gasteiger partial charge in [-0.2, -0.15) is 18.2 Å². The van der Waals surface area contributed by atoms with Crippen LogP contribution in [0.3, 0.4) is 0 Å². The molecule has 13 nitrogen and oxygen atoms in total. The summed E-state index contributed by atoms with van der Waals surface area (Å²) in [7, 11) is -2.82. The first-order valence-electron chi connectivity index (χ1n) is 11.3. The maximum atomic E-state index is 13.5. The van der Waals surface area contributed by atoms with Crippen LogP contribution >= 0.6 is 11.3 Å². The normalized spacial score (nSPS) is 11.7. The smallest absolute Gasteiger partial charge is 0.301 e. The fraction of sp³-hybridized carbons (Fsp3) is 0.0400. The number of non-ortho nitro benzene ring substituents is 1. The topological polar surface area (TPSA) is 182 Å². The van der Waals surface area contributed by atoms with Crippen molar-refractivity contribution in [1.82, 2.24) is 14.8 Å². The highest BCUT2D eigenvalue weighted by molar-refractivity contribution is 7.85. The molecule has 0 spiro atoms. The number of azo groups is 1. The first kappa shape index (κ1) is 26.6. The van der Waals surface area contributed by atoms with Gasteiger partial charge < -0.3 is 4.74 Å². The molecule has 2 N–H and O–H groups in total. The summed E-state index contributed by atoms with van der Waals surface area (Å²) in [4.78, 5) is 28.3. The van der Waals surface area contributed by atoms with E-state index in [1.807, 2.05) is 12.1 Å². The van der Waals surface area contributed by atoms with E-state index in [9.17, 15) is 23.3 Å². The standard InChI is InChI=1S/C25H18N6O7S2/c1-38-19-10-4-15(5-11-19)21-14-39-25(26-21)30-24(32)23(22(29-30)16-2-8-18(9-3-16)31(33)34)28-27-17-6-12-20(13-7-17)40(35,36)37/h2-14,29H,1H3,(H,35,36,37). The number of ether oxygens (including phenoxy) is 1. The highest BCUT2D eigenvalue weighted by Crippen LogP contribution is 2.31. The number of nitro benzene ring substituents is 1. The first-order chi connectivity index (χ1) is 19.1. The summed E-state index contributed by atoms with van der Waals surface area (Å²) in [6.45, 7) is 0. The van der Waals surface area contributed by atoms with Crippen LogP contribution in [-0.2, 0) is 10.1 Å². The van der Waals surface area contributed by atoms with Crippen molar-refractivity contribution in [1.29, 1.82) is 0 Å². The van der Waals surface area contributed by atoms with E-state index in [1.165, 1.54) is 52.4 Å². The maximum Gasteiger partial charge on any atom is 0.301 e. The second-order valence-electron chi connectivity index (χ2n) is 8.19. The zero-order valence-corrected chi connectivity index (χ0v) is 22.1. The molecule has 202 valence electrons. The number of aromatic nitrogens is 3. The Morgan fingerprint density at radius 1 is 1.00 bits per heavy atom. The van der Waals surface area contributed by atoms with Crippen molar-refractivity contribution in [2.45, 2.75) is 4.90 Å². The zero-order chi connectivity index (χ0) is 28.4. The molecule has 0 radical (unpaired) electrons.